The molecule has 0 fully saturated rings. The number of carbonyl (C=O) groups excluding carboxylic acids is 4. The lowest BCUT2D eigenvalue weighted by Crippen LogP contribution is -2.49. The molecule has 1 heterocycles. The first-order valence-electron chi connectivity index (χ1n) is 11.5. The Morgan fingerprint density at radius 3 is 2.15 bits per heavy atom. The molecule has 2 aromatic carbocycles. The first-order chi connectivity index (χ1) is 16.2. The summed E-state index contributed by atoms with van der Waals surface area (Å²) in [7, 11) is 0. The van der Waals surface area contributed by atoms with Crippen LogP contribution in [0.25, 0.3) is 0 Å². The minimum absolute atomic E-state index is 0.0356. The molecular weight excluding hydrogens is 437 g/mol. The Kier molecular flexibility index (Phi) is 8.15. The highest BCUT2D eigenvalue weighted by molar-refractivity contribution is 6.21. The summed E-state index contributed by atoms with van der Waals surface area (Å²) < 4.78 is 13.3. The topological polar surface area (TPSA) is 86.8 Å². The average molecular weight is 468 g/mol. The van der Waals surface area contributed by atoms with E-state index in [1.165, 1.54) is 17.0 Å². The first kappa shape index (κ1) is 25.1. The predicted molar refractivity (Wildman–Crippen MR) is 125 cm³/mol. The number of hydrogen-bond donors (Lipinski definition) is 1. The van der Waals surface area contributed by atoms with E-state index < -0.39 is 6.04 Å². The smallest absolute Gasteiger partial charge is 0.261 e. The van der Waals surface area contributed by atoms with E-state index >= 15 is 0 Å². The van der Waals surface area contributed by atoms with Crippen molar-refractivity contribution in [3.63, 3.8) is 0 Å². The molecule has 0 radical (unpaired) electrons. The molecule has 1 aliphatic heterocycles. The lowest BCUT2D eigenvalue weighted by Gasteiger charge is -2.30. The highest BCUT2D eigenvalue weighted by atomic mass is 19.1. The molecule has 180 valence electrons. The van der Waals surface area contributed by atoms with Crippen LogP contribution in [0.15, 0.2) is 48.5 Å². The second-order valence-corrected chi connectivity index (χ2v) is 8.55. The molecule has 0 aromatic heterocycles. The van der Waals surface area contributed by atoms with Gasteiger partial charge in [-0.3, -0.25) is 24.1 Å². The Morgan fingerprint density at radius 2 is 1.59 bits per heavy atom. The number of benzene rings is 2. The van der Waals surface area contributed by atoms with Crippen LogP contribution in [0, 0.1) is 5.82 Å². The zero-order valence-corrected chi connectivity index (χ0v) is 19.7. The molecule has 0 saturated heterocycles. The van der Waals surface area contributed by atoms with Crippen LogP contribution in [-0.4, -0.2) is 52.1 Å². The number of halogens is 1. The minimum Gasteiger partial charge on any atom is -0.352 e. The monoisotopic (exact) mass is 467 g/mol. The van der Waals surface area contributed by atoms with E-state index in [0.717, 1.165) is 11.3 Å². The molecule has 1 aliphatic rings. The van der Waals surface area contributed by atoms with Gasteiger partial charge >= 0.3 is 0 Å². The van der Waals surface area contributed by atoms with Gasteiger partial charge in [0.1, 0.15) is 11.9 Å². The first-order valence-corrected chi connectivity index (χ1v) is 11.5. The SMILES string of the molecule is CC[C@H](C)NC(=O)[C@@H](C)N(Cc1ccc(F)cc1)C(=O)CCCN1C(=O)c2ccccc2C1=O. The summed E-state index contributed by atoms with van der Waals surface area (Å²) in [5, 5.41) is 2.89. The molecule has 4 amide bonds. The van der Waals surface area contributed by atoms with E-state index in [9.17, 15) is 23.6 Å². The van der Waals surface area contributed by atoms with Crippen molar-refractivity contribution < 1.29 is 23.6 Å². The van der Waals surface area contributed by atoms with Crippen molar-refractivity contribution in [3.05, 3.63) is 71.0 Å². The Morgan fingerprint density at radius 1 is 1.00 bits per heavy atom. The molecule has 1 N–H and O–H groups in total. The summed E-state index contributed by atoms with van der Waals surface area (Å²) >= 11 is 0. The molecule has 34 heavy (non-hydrogen) atoms. The van der Waals surface area contributed by atoms with Gasteiger partial charge in [0.2, 0.25) is 11.8 Å². The van der Waals surface area contributed by atoms with Crippen molar-refractivity contribution in [2.24, 2.45) is 0 Å². The fraction of sp³-hybridized carbons (Fsp3) is 0.385. The number of rotatable bonds is 10. The van der Waals surface area contributed by atoms with E-state index in [-0.39, 0.29) is 61.4 Å². The van der Waals surface area contributed by atoms with Crippen LogP contribution >= 0.6 is 0 Å². The summed E-state index contributed by atoms with van der Waals surface area (Å²) in [5.41, 5.74) is 1.43. The lowest BCUT2D eigenvalue weighted by atomic mass is 10.1. The van der Waals surface area contributed by atoms with Crippen LogP contribution in [0.5, 0.6) is 0 Å². The Bertz CT molecular complexity index is 1030. The van der Waals surface area contributed by atoms with E-state index in [1.54, 1.807) is 43.3 Å². The van der Waals surface area contributed by atoms with Gasteiger partial charge in [0.25, 0.3) is 11.8 Å². The average Bonchev–Trinajstić information content (AvgIpc) is 3.08. The van der Waals surface area contributed by atoms with E-state index in [0.29, 0.717) is 16.7 Å². The van der Waals surface area contributed by atoms with Gasteiger partial charge < -0.3 is 10.2 Å². The van der Waals surface area contributed by atoms with Crippen molar-refractivity contribution in [2.45, 2.75) is 58.7 Å². The molecule has 0 bridgehead atoms. The molecule has 2 aromatic rings. The van der Waals surface area contributed by atoms with Gasteiger partial charge in [-0.25, -0.2) is 4.39 Å². The van der Waals surface area contributed by atoms with Crippen LogP contribution in [0.1, 0.15) is 66.3 Å². The maximum atomic E-state index is 13.3. The summed E-state index contributed by atoms with van der Waals surface area (Å²) in [6.45, 7) is 5.75. The number of carbonyl (C=O) groups is 4. The number of nitrogens with one attached hydrogen (secondary N) is 1. The van der Waals surface area contributed by atoms with Gasteiger partial charge in [-0.05, 0) is 56.5 Å². The molecule has 8 heteroatoms. The highest BCUT2D eigenvalue weighted by Crippen LogP contribution is 2.23. The molecule has 0 unspecified atom stereocenters. The molecule has 3 rings (SSSR count). The van der Waals surface area contributed by atoms with Gasteiger partial charge in [-0.1, -0.05) is 31.2 Å². The van der Waals surface area contributed by atoms with E-state index in [4.69, 9.17) is 0 Å². The Hall–Kier alpha value is -3.55. The van der Waals surface area contributed by atoms with Crippen LogP contribution in [0.3, 0.4) is 0 Å². The number of nitrogens with zero attached hydrogens (tertiary/aromatic N) is 2. The number of hydrogen-bond acceptors (Lipinski definition) is 4. The van der Waals surface area contributed by atoms with Crippen molar-refractivity contribution in [2.75, 3.05) is 6.54 Å². The zero-order valence-electron chi connectivity index (χ0n) is 19.7. The summed E-state index contributed by atoms with van der Waals surface area (Å²) in [4.78, 5) is 53.6. The largest absolute Gasteiger partial charge is 0.352 e. The minimum atomic E-state index is -0.745. The fourth-order valence-corrected chi connectivity index (χ4v) is 3.81. The summed E-state index contributed by atoms with van der Waals surface area (Å²) in [5.74, 6) is -1.67. The van der Waals surface area contributed by atoms with Crippen LogP contribution < -0.4 is 5.32 Å². The highest BCUT2D eigenvalue weighted by Gasteiger charge is 2.35. The van der Waals surface area contributed by atoms with Gasteiger partial charge in [-0.2, -0.15) is 0 Å². The van der Waals surface area contributed by atoms with E-state index in [2.05, 4.69) is 5.32 Å². The quantitative estimate of drug-likeness (QED) is 0.542. The molecule has 7 nitrogen and oxygen atoms in total. The summed E-state index contributed by atoms with van der Waals surface area (Å²) in [6.07, 6.45) is 1.07. The fourth-order valence-electron chi connectivity index (χ4n) is 3.81. The Balaban J connectivity index is 1.67. The normalized spacial score (nSPS) is 14.5. The van der Waals surface area contributed by atoms with Gasteiger partial charge in [0, 0.05) is 25.6 Å². The van der Waals surface area contributed by atoms with Crippen LogP contribution in [0.2, 0.25) is 0 Å². The Labute approximate surface area is 198 Å². The van der Waals surface area contributed by atoms with Gasteiger partial charge in [0.05, 0.1) is 11.1 Å². The van der Waals surface area contributed by atoms with Gasteiger partial charge in [0.15, 0.2) is 0 Å². The van der Waals surface area contributed by atoms with Crippen LogP contribution in [0.4, 0.5) is 4.39 Å². The van der Waals surface area contributed by atoms with Gasteiger partial charge in [-0.15, -0.1) is 0 Å². The third-order valence-electron chi connectivity index (χ3n) is 6.09. The number of fused-ring (bicyclic) bond motifs is 1. The zero-order chi connectivity index (χ0) is 24.8. The van der Waals surface area contributed by atoms with Crippen molar-refractivity contribution >= 4 is 23.6 Å². The molecule has 2 atom stereocenters. The maximum absolute atomic E-state index is 13.3. The maximum Gasteiger partial charge on any atom is 0.261 e. The number of amides is 4. The van der Waals surface area contributed by atoms with Crippen molar-refractivity contribution in [3.8, 4) is 0 Å². The van der Waals surface area contributed by atoms with Crippen molar-refractivity contribution in [1.82, 2.24) is 15.1 Å². The molecule has 0 aliphatic carbocycles. The third kappa shape index (κ3) is 5.68. The number of imide groups is 1. The lowest BCUT2D eigenvalue weighted by molar-refractivity contribution is -0.141. The molecule has 0 spiro atoms. The third-order valence-corrected chi connectivity index (χ3v) is 6.09. The second kappa shape index (κ2) is 11.0. The summed E-state index contributed by atoms with van der Waals surface area (Å²) in [6, 6.07) is 11.6. The standard InChI is InChI=1S/C26H30FN3O4/c1-4-17(2)28-24(32)18(3)30(16-19-11-13-20(27)14-12-19)23(31)10-7-15-29-25(33)21-8-5-6-9-22(21)26(29)34/h5-6,8-9,11-14,17-18H,4,7,10,15-16H2,1-3H3,(H,28,32)/t17-,18+/m0/s1. The van der Waals surface area contributed by atoms with Crippen LogP contribution in [-0.2, 0) is 16.1 Å². The van der Waals surface area contributed by atoms with E-state index in [1.807, 2.05) is 13.8 Å². The predicted octanol–water partition coefficient (Wildman–Crippen LogP) is 3.53. The molecular formula is C26H30FN3O4. The van der Waals surface area contributed by atoms with Crippen molar-refractivity contribution in [1.29, 1.82) is 0 Å². The second-order valence-electron chi connectivity index (χ2n) is 8.55. The molecule has 0 saturated carbocycles.